The van der Waals surface area contributed by atoms with Crippen LogP contribution >= 0.6 is 0 Å². The summed E-state index contributed by atoms with van der Waals surface area (Å²) in [7, 11) is 2.15. The third-order valence-electron chi connectivity index (χ3n) is 5.49. The number of hydrogen-bond acceptors (Lipinski definition) is 4. The molecule has 5 heteroatoms. The molecule has 0 aromatic heterocycles. The zero-order valence-electron chi connectivity index (χ0n) is 17.4. The molecule has 150 valence electrons. The lowest BCUT2D eigenvalue weighted by Crippen LogP contribution is -2.44. The van der Waals surface area contributed by atoms with E-state index < -0.39 is 6.10 Å². The number of nitrogens with zero attached hydrogens (tertiary/aromatic N) is 2. The van der Waals surface area contributed by atoms with Crippen LogP contribution in [0.2, 0.25) is 0 Å². The second kappa shape index (κ2) is 9.11. The van der Waals surface area contributed by atoms with Gasteiger partial charge in [0.25, 0.3) is 5.91 Å². The van der Waals surface area contributed by atoms with Gasteiger partial charge in [-0.15, -0.1) is 0 Å². The van der Waals surface area contributed by atoms with Gasteiger partial charge in [0.2, 0.25) is 0 Å². The zero-order valence-corrected chi connectivity index (χ0v) is 17.4. The van der Waals surface area contributed by atoms with E-state index in [2.05, 4.69) is 34.3 Å². The number of aryl methyl sites for hydroxylation is 1. The molecule has 5 nitrogen and oxygen atoms in total. The second-order valence-electron chi connectivity index (χ2n) is 7.54. The Morgan fingerprint density at radius 2 is 1.75 bits per heavy atom. The number of rotatable bonds is 6. The van der Waals surface area contributed by atoms with Crippen LogP contribution in [0.4, 0.5) is 11.4 Å². The molecule has 28 heavy (non-hydrogen) atoms. The van der Waals surface area contributed by atoms with Crippen molar-refractivity contribution < 1.29 is 9.53 Å². The molecule has 0 unspecified atom stereocenters. The number of amides is 1. The molecule has 3 rings (SSSR count). The van der Waals surface area contributed by atoms with Crippen LogP contribution in [0.3, 0.4) is 0 Å². The summed E-state index contributed by atoms with van der Waals surface area (Å²) in [6.07, 6.45) is 0.0938. The van der Waals surface area contributed by atoms with Gasteiger partial charge in [0.15, 0.2) is 6.10 Å². The Hall–Kier alpha value is -2.53. The smallest absolute Gasteiger partial charge is 0.265 e. The number of carbonyl (C=O) groups is 1. The van der Waals surface area contributed by atoms with Crippen molar-refractivity contribution >= 4 is 17.3 Å². The van der Waals surface area contributed by atoms with Crippen LogP contribution in [0.25, 0.3) is 0 Å². The maximum atomic E-state index is 12.7. The third kappa shape index (κ3) is 4.84. The summed E-state index contributed by atoms with van der Waals surface area (Å²) in [5.41, 5.74) is 4.23. The Kier molecular flexibility index (Phi) is 6.57. The minimum absolute atomic E-state index is 0.115. The van der Waals surface area contributed by atoms with Crippen LogP contribution in [0.1, 0.15) is 24.5 Å². The number of piperazine rings is 1. The fourth-order valence-corrected chi connectivity index (χ4v) is 3.37. The monoisotopic (exact) mass is 381 g/mol. The Morgan fingerprint density at radius 3 is 2.39 bits per heavy atom. The van der Waals surface area contributed by atoms with Crippen molar-refractivity contribution in [3.05, 3.63) is 53.6 Å². The summed E-state index contributed by atoms with van der Waals surface area (Å²) >= 11 is 0. The summed E-state index contributed by atoms with van der Waals surface area (Å²) in [4.78, 5) is 17.4. The molecule has 1 fully saturated rings. The van der Waals surface area contributed by atoms with Crippen molar-refractivity contribution in [1.82, 2.24) is 4.90 Å². The van der Waals surface area contributed by atoms with E-state index in [1.54, 1.807) is 0 Å². The summed E-state index contributed by atoms with van der Waals surface area (Å²) in [6, 6.07) is 14.0. The standard InChI is InChI=1S/C23H31N3O2/c1-5-21(28-22-8-6-7-17(2)18(22)3)23(27)24-19-9-11-20(12-10-19)26-15-13-25(4)14-16-26/h6-12,21H,5,13-16H2,1-4H3,(H,24,27)/t21-/m0/s1. The minimum Gasteiger partial charge on any atom is -0.480 e. The summed E-state index contributed by atoms with van der Waals surface area (Å²) < 4.78 is 6.01. The van der Waals surface area contributed by atoms with E-state index in [4.69, 9.17) is 4.74 Å². The van der Waals surface area contributed by atoms with Gasteiger partial charge in [0, 0.05) is 37.6 Å². The van der Waals surface area contributed by atoms with Gasteiger partial charge < -0.3 is 19.9 Å². The quantitative estimate of drug-likeness (QED) is 0.825. The maximum absolute atomic E-state index is 12.7. The molecular formula is C23H31N3O2. The predicted octanol–water partition coefficient (Wildman–Crippen LogP) is 3.85. The van der Waals surface area contributed by atoms with Crippen molar-refractivity contribution in [2.75, 3.05) is 43.4 Å². The van der Waals surface area contributed by atoms with Crippen LogP contribution in [-0.4, -0.2) is 50.1 Å². The first-order valence-electron chi connectivity index (χ1n) is 10.0. The van der Waals surface area contributed by atoms with Gasteiger partial charge in [-0.2, -0.15) is 0 Å². The Morgan fingerprint density at radius 1 is 1.07 bits per heavy atom. The van der Waals surface area contributed by atoms with Crippen LogP contribution in [0.5, 0.6) is 5.75 Å². The van der Waals surface area contributed by atoms with Crippen molar-refractivity contribution in [2.24, 2.45) is 0 Å². The number of likely N-dealkylation sites (N-methyl/N-ethyl adjacent to an activating group) is 1. The summed E-state index contributed by atoms with van der Waals surface area (Å²) in [6.45, 7) is 10.2. The average molecular weight is 382 g/mol. The SMILES string of the molecule is CC[C@H](Oc1cccc(C)c1C)C(=O)Nc1ccc(N2CCN(C)CC2)cc1. The van der Waals surface area contributed by atoms with E-state index in [0.717, 1.165) is 48.7 Å². The normalized spacial score (nSPS) is 15.9. The first-order chi connectivity index (χ1) is 13.5. The van der Waals surface area contributed by atoms with Crippen molar-refractivity contribution in [2.45, 2.75) is 33.3 Å². The molecule has 0 saturated carbocycles. The molecular weight excluding hydrogens is 350 g/mol. The van der Waals surface area contributed by atoms with Crippen LogP contribution in [0, 0.1) is 13.8 Å². The molecule has 1 amide bonds. The molecule has 1 aliphatic rings. The highest BCUT2D eigenvalue weighted by atomic mass is 16.5. The van der Waals surface area contributed by atoms with E-state index in [1.807, 2.05) is 51.1 Å². The molecule has 1 saturated heterocycles. The van der Waals surface area contributed by atoms with E-state index in [-0.39, 0.29) is 5.91 Å². The number of nitrogens with one attached hydrogen (secondary N) is 1. The first-order valence-corrected chi connectivity index (χ1v) is 10.0. The topological polar surface area (TPSA) is 44.8 Å². The summed E-state index contributed by atoms with van der Waals surface area (Å²) in [5, 5.41) is 2.99. The molecule has 1 heterocycles. The lowest BCUT2D eigenvalue weighted by atomic mass is 10.1. The number of benzene rings is 2. The molecule has 1 N–H and O–H groups in total. The highest BCUT2D eigenvalue weighted by molar-refractivity contribution is 5.94. The maximum Gasteiger partial charge on any atom is 0.265 e. The average Bonchev–Trinajstić information content (AvgIpc) is 2.70. The van der Waals surface area contributed by atoms with Crippen molar-refractivity contribution in [3.8, 4) is 5.75 Å². The Bertz CT molecular complexity index is 796. The van der Waals surface area contributed by atoms with E-state index >= 15 is 0 Å². The number of hydrogen-bond donors (Lipinski definition) is 1. The molecule has 2 aromatic carbocycles. The number of ether oxygens (including phenoxy) is 1. The molecule has 0 bridgehead atoms. The van der Waals surface area contributed by atoms with Gasteiger partial charge in [-0.1, -0.05) is 19.1 Å². The Balaban J connectivity index is 1.61. The fourth-order valence-electron chi connectivity index (χ4n) is 3.37. The van der Waals surface area contributed by atoms with Gasteiger partial charge in [-0.05, 0) is 68.8 Å². The van der Waals surface area contributed by atoms with Gasteiger partial charge in [-0.3, -0.25) is 4.79 Å². The first kappa shape index (κ1) is 20.2. The fraction of sp³-hybridized carbons (Fsp3) is 0.435. The Labute approximate surface area is 168 Å². The number of carbonyl (C=O) groups excluding carboxylic acids is 1. The lowest BCUT2D eigenvalue weighted by Gasteiger charge is -2.34. The second-order valence-corrected chi connectivity index (χ2v) is 7.54. The molecule has 2 aromatic rings. The van der Waals surface area contributed by atoms with Crippen molar-refractivity contribution in [1.29, 1.82) is 0 Å². The highest BCUT2D eigenvalue weighted by Crippen LogP contribution is 2.23. The van der Waals surface area contributed by atoms with Gasteiger partial charge in [-0.25, -0.2) is 0 Å². The van der Waals surface area contributed by atoms with Crippen molar-refractivity contribution in [3.63, 3.8) is 0 Å². The minimum atomic E-state index is -0.516. The predicted molar refractivity (Wildman–Crippen MR) is 115 cm³/mol. The number of anilines is 2. The molecule has 1 atom stereocenters. The van der Waals surface area contributed by atoms with Gasteiger partial charge in [0.1, 0.15) is 5.75 Å². The molecule has 1 aliphatic heterocycles. The van der Waals surface area contributed by atoms with E-state index in [9.17, 15) is 4.79 Å². The van der Waals surface area contributed by atoms with Gasteiger partial charge >= 0.3 is 0 Å². The van der Waals surface area contributed by atoms with Crippen LogP contribution < -0.4 is 15.0 Å². The van der Waals surface area contributed by atoms with E-state index in [1.165, 1.54) is 5.69 Å². The zero-order chi connectivity index (χ0) is 20.1. The lowest BCUT2D eigenvalue weighted by molar-refractivity contribution is -0.122. The summed E-state index contributed by atoms with van der Waals surface area (Å²) in [5.74, 6) is 0.656. The van der Waals surface area contributed by atoms with Crippen LogP contribution in [-0.2, 0) is 4.79 Å². The van der Waals surface area contributed by atoms with E-state index in [0.29, 0.717) is 6.42 Å². The van der Waals surface area contributed by atoms with Crippen LogP contribution in [0.15, 0.2) is 42.5 Å². The molecule has 0 aliphatic carbocycles. The largest absolute Gasteiger partial charge is 0.480 e. The third-order valence-corrected chi connectivity index (χ3v) is 5.49. The van der Waals surface area contributed by atoms with Gasteiger partial charge in [0.05, 0.1) is 0 Å². The highest BCUT2D eigenvalue weighted by Gasteiger charge is 2.20. The molecule has 0 radical (unpaired) electrons. The molecule has 0 spiro atoms.